The summed E-state index contributed by atoms with van der Waals surface area (Å²) < 4.78 is 5.51. The van der Waals surface area contributed by atoms with E-state index in [9.17, 15) is 0 Å². The topological polar surface area (TPSA) is 52.8 Å². The Bertz CT molecular complexity index is 410. The lowest BCUT2D eigenvalue weighted by atomic mass is 10.2. The molecule has 0 aliphatic heterocycles. The predicted octanol–water partition coefficient (Wildman–Crippen LogP) is 1.85. The minimum atomic E-state index is 0.168. The van der Waals surface area contributed by atoms with Gasteiger partial charge in [-0.15, -0.1) is 0 Å². The summed E-state index contributed by atoms with van der Waals surface area (Å²) in [6.07, 6.45) is 4.41. The second-order valence-corrected chi connectivity index (χ2v) is 5.54. The molecule has 1 saturated carbocycles. The first-order valence-corrected chi connectivity index (χ1v) is 7.42. The SMILES string of the molecule is CCNC(=NCC(c1ccco1)N(C)C)NCC1CC1. The van der Waals surface area contributed by atoms with Crippen LogP contribution < -0.4 is 10.6 Å². The van der Waals surface area contributed by atoms with Crippen LogP contribution in [-0.2, 0) is 0 Å². The van der Waals surface area contributed by atoms with Gasteiger partial charge in [-0.1, -0.05) is 0 Å². The smallest absolute Gasteiger partial charge is 0.191 e. The summed E-state index contributed by atoms with van der Waals surface area (Å²) in [5.41, 5.74) is 0. The van der Waals surface area contributed by atoms with Gasteiger partial charge >= 0.3 is 0 Å². The van der Waals surface area contributed by atoms with Crippen molar-refractivity contribution in [3.63, 3.8) is 0 Å². The monoisotopic (exact) mass is 278 g/mol. The quantitative estimate of drug-likeness (QED) is 0.590. The molecule has 5 heteroatoms. The van der Waals surface area contributed by atoms with Crippen LogP contribution in [0, 0.1) is 5.92 Å². The van der Waals surface area contributed by atoms with Crippen molar-refractivity contribution in [1.82, 2.24) is 15.5 Å². The first kappa shape index (κ1) is 14.9. The highest BCUT2D eigenvalue weighted by Gasteiger charge is 2.21. The van der Waals surface area contributed by atoms with Crippen LogP contribution in [0.3, 0.4) is 0 Å². The second kappa shape index (κ2) is 7.33. The Morgan fingerprint density at radius 3 is 2.80 bits per heavy atom. The highest BCUT2D eigenvalue weighted by atomic mass is 16.3. The van der Waals surface area contributed by atoms with E-state index < -0.39 is 0 Å². The number of aliphatic imine (C=N–C) groups is 1. The fourth-order valence-corrected chi connectivity index (χ4v) is 2.07. The molecule has 1 aromatic heterocycles. The molecule has 1 unspecified atom stereocenters. The van der Waals surface area contributed by atoms with Gasteiger partial charge in [-0.3, -0.25) is 9.89 Å². The second-order valence-electron chi connectivity index (χ2n) is 5.54. The average Bonchev–Trinajstić information content (AvgIpc) is 3.10. The third-order valence-electron chi connectivity index (χ3n) is 3.52. The number of nitrogens with zero attached hydrogens (tertiary/aromatic N) is 2. The van der Waals surface area contributed by atoms with Crippen molar-refractivity contribution in [2.75, 3.05) is 33.7 Å². The van der Waals surface area contributed by atoms with E-state index in [1.165, 1.54) is 12.8 Å². The fourth-order valence-electron chi connectivity index (χ4n) is 2.07. The molecule has 20 heavy (non-hydrogen) atoms. The molecular weight excluding hydrogens is 252 g/mol. The first-order chi connectivity index (χ1) is 9.70. The maximum Gasteiger partial charge on any atom is 0.191 e. The molecule has 1 aliphatic rings. The van der Waals surface area contributed by atoms with Crippen molar-refractivity contribution in [2.45, 2.75) is 25.8 Å². The standard InChI is InChI=1S/C15H26N4O/c1-4-16-15(17-10-12-7-8-12)18-11-13(19(2)3)14-6-5-9-20-14/h5-6,9,12-13H,4,7-8,10-11H2,1-3H3,(H2,16,17,18). The lowest BCUT2D eigenvalue weighted by molar-refractivity contribution is 0.265. The van der Waals surface area contributed by atoms with E-state index in [4.69, 9.17) is 4.42 Å². The molecule has 0 bridgehead atoms. The van der Waals surface area contributed by atoms with Gasteiger partial charge in [-0.25, -0.2) is 0 Å². The summed E-state index contributed by atoms with van der Waals surface area (Å²) in [6, 6.07) is 4.10. The van der Waals surface area contributed by atoms with Crippen LogP contribution in [-0.4, -0.2) is 44.6 Å². The van der Waals surface area contributed by atoms with Crippen LogP contribution in [0.5, 0.6) is 0 Å². The molecule has 5 nitrogen and oxygen atoms in total. The zero-order valence-corrected chi connectivity index (χ0v) is 12.7. The number of furan rings is 1. The van der Waals surface area contributed by atoms with E-state index >= 15 is 0 Å². The van der Waals surface area contributed by atoms with Gasteiger partial charge in [0, 0.05) is 13.1 Å². The zero-order chi connectivity index (χ0) is 14.4. The number of rotatable bonds is 7. The zero-order valence-electron chi connectivity index (χ0n) is 12.7. The summed E-state index contributed by atoms with van der Waals surface area (Å²) in [7, 11) is 4.10. The summed E-state index contributed by atoms with van der Waals surface area (Å²) in [5, 5.41) is 6.71. The molecule has 1 heterocycles. The Balaban J connectivity index is 1.93. The van der Waals surface area contributed by atoms with Gasteiger partial charge in [-0.05, 0) is 51.9 Å². The van der Waals surface area contributed by atoms with Crippen molar-refractivity contribution < 1.29 is 4.42 Å². The molecule has 0 radical (unpaired) electrons. The van der Waals surface area contributed by atoms with Crippen LogP contribution in [0.4, 0.5) is 0 Å². The lowest BCUT2D eigenvalue weighted by Gasteiger charge is -2.21. The minimum Gasteiger partial charge on any atom is -0.468 e. The normalized spacial score (nSPS) is 17.3. The van der Waals surface area contributed by atoms with E-state index in [-0.39, 0.29) is 6.04 Å². The minimum absolute atomic E-state index is 0.168. The van der Waals surface area contributed by atoms with Gasteiger partial charge in [0.15, 0.2) is 5.96 Å². The van der Waals surface area contributed by atoms with Gasteiger partial charge in [0.25, 0.3) is 0 Å². The molecule has 1 aromatic rings. The van der Waals surface area contributed by atoms with E-state index in [2.05, 4.69) is 27.4 Å². The number of guanidine groups is 1. The summed E-state index contributed by atoms with van der Waals surface area (Å²) in [4.78, 5) is 6.82. The third-order valence-corrected chi connectivity index (χ3v) is 3.52. The first-order valence-electron chi connectivity index (χ1n) is 7.42. The highest BCUT2D eigenvalue weighted by Crippen LogP contribution is 2.27. The van der Waals surface area contributed by atoms with Crippen LogP contribution >= 0.6 is 0 Å². The maximum atomic E-state index is 5.51. The van der Waals surface area contributed by atoms with Gasteiger partial charge < -0.3 is 15.1 Å². The van der Waals surface area contributed by atoms with Crippen molar-refractivity contribution in [3.05, 3.63) is 24.2 Å². The van der Waals surface area contributed by atoms with Gasteiger partial charge in [0.05, 0.1) is 18.8 Å². The van der Waals surface area contributed by atoms with E-state index in [0.29, 0.717) is 6.54 Å². The molecule has 1 aliphatic carbocycles. The molecule has 0 spiro atoms. The van der Waals surface area contributed by atoms with E-state index in [1.807, 2.05) is 26.2 Å². The molecule has 0 amide bonds. The van der Waals surface area contributed by atoms with Crippen molar-refractivity contribution in [2.24, 2.45) is 10.9 Å². The van der Waals surface area contributed by atoms with E-state index in [0.717, 1.165) is 30.7 Å². The Hall–Kier alpha value is -1.49. The van der Waals surface area contributed by atoms with Gasteiger partial charge in [0.2, 0.25) is 0 Å². The van der Waals surface area contributed by atoms with Crippen molar-refractivity contribution in [3.8, 4) is 0 Å². The van der Waals surface area contributed by atoms with Crippen molar-refractivity contribution >= 4 is 5.96 Å². The average molecular weight is 278 g/mol. The largest absolute Gasteiger partial charge is 0.468 e. The number of nitrogens with one attached hydrogen (secondary N) is 2. The molecule has 2 N–H and O–H groups in total. The number of likely N-dealkylation sites (N-methyl/N-ethyl adjacent to an activating group) is 1. The van der Waals surface area contributed by atoms with Crippen LogP contribution in [0.1, 0.15) is 31.6 Å². The Morgan fingerprint density at radius 2 is 2.25 bits per heavy atom. The molecule has 1 fully saturated rings. The molecule has 2 rings (SSSR count). The maximum absolute atomic E-state index is 5.51. The fraction of sp³-hybridized carbons (Fsp3) is 0.667. The van der Waals surface area contributed by atoms with Crippen molar-refractivity contribution in [1.29, 1.82) is 0 Å². The molecular formula is C15H26N4O. The molecule has 1 atom stereocenters. The Labute approximate surface area is 121 Å². The van der Waals surface area contributed by atoms with E-state index in [1.54, 1.807) is 6.26 Å². The molecule has 112 valence electrons. The number of hydrogen-bond donors (Lipinski definition) is 2. The molecule has 0 saturated heterocycles. The van der Waals surface area contributed by atoms with Gasteiger partial charge in [0.1, 0.15) is 5.76 Å². The predicted molar refractivity (Wildman–Crippen MR) is 81.8 cm³/mol. The Morgan fingerprint density at radius 1 is 1.45 bits per heavy atom. The molecule has 0 aromatic carbocycles. The third kappa shape index (κ3) is 4.56. The van der Waals surface area contributed by atoms with Crippen LogP contribution in [0.15, 0.2) is 27.8 Å². The highest BCUT2D eigenvalue weighted by molar-refractivity contribution is 5.79. The summed E-state index contributed by atoms with van der Waals surface area (Å²) >= 11 is 0. The number of hydrogen-bond acceptors (Lipinski definition) is 3. The van der Waals surface area contributed by atoms with Crippen LogP contribution in [0.25, 0.3) is 0 Å². The summed E-state index contributed by atoms with van der Waals surface area (Å²) in [5.74, 6) is 2.70. The van der Waals surface area contributed by atoms with Crippen LogP contribution in [0.2, 0.25) is 0 Å². The summed E-state index contributed by atoms with van der Waals surface area (Å²) in [6.45, 7) is 4.67. The van der Waals surface area contributed by atoms with Gasteiger partial charge in [-0.2, -0.15) is 0 Å². The lowest BCUT2D eigenvalue weighted by Crippen LogP contribution is -2.39. The Kier molecular flexibility index (Phi) is 5.47.